The highest BCUT2D eigenvalue weighted by molar-refractivity contribution is 6.74. The van der Waals surface area contributed by atoms with Crippen LogP contribution in [0.25, 0.3) is 0 Å². The lowest BCUT2D eigenvalue weighted by atomic mass is 9.66. The number of cyclic esters (lactones) is 1. The number of carbonyl (C=O) groups is 1. The molecule has 0 spiro atoms. The summed E-state index contributed by atoms with van der Waals surface area (Å²) >= 11 is 0. The highest BCUT2D eigenvalue weighted by Crippen LogP contribution is 2.44. The standard InChI is InChI=1S/C25H42O3Si/c1-17-8-12-23-19(14-17)10-9-18(2)22(23)13-11-20-15-21(16-24(26)27-20)28-29(6,7)25(3,4)5/h9-10,14,17-18,20-23H,8,11-13,15-16H2,1-7H3. The normalized spacial score (nSPS) is 35.7. The average Bonchev–Trinajstić information content (AvgIpc) is 2.59. The summed E-state index contributed by atoms with van der Waals surface area (Å²) in [6, 6.07) is 0. The highest BCUT2D eigenvalue weighted by Gasteiger charge is 2.42. The smallest absolute Gasteiger partial charge is 0.308 e. The number of hydrogen-bond acceptors (Lipinski definition) is 3. The number of esters is 1. The van der Waals surface area contributed by atoms with Crippen LogP contribution in [0.1, 0.15) is 73.1 Å². The number of allylic oxidation sites excluding steroid dienone is 4. The van der Waals surface area contributed by atoms with Gasteiger partial charge in [0.2, 0.25) is 0 Å². The van der Waals surface area contributed by atoms with Crippen molar-refractivity contribution in [2.45, 2.75) is 103 Å². The lowest BCUT2D eigenvalue weighted by molar-refractivity contribution is -0.160. The second-order valence-electron chi connectivity index (χ2n) is 11.3. The van der Waals surface area contributed by atoms with Crippen LogP contribution >= 0.6 is 0 Å². The Morgan fingerprint density at radius 2 is 1.90 bits per heavy atom. The van der Waals surface area contributed by atoms with Gasteiger partial charge in [-0.05, 0) is 73.1 Å². The van der Waals surface area contributed by atoms with Gasteiger partial charge in [0.1, 0.15) is 6.10 Å². The second-order valence-corrected chi connectivity index (χ2v) is 16.1. The fourth-order valence-corrected chi connectivity index (χ4v) is 6.47. The molecular formula is C25H42O3Si. The van der Waals surface area contributed by atoms with Crippen molar-refractivity contribution in [3.05, 3.63) is 23.8 Å². The summed E-state index contributed by atoms with van der Waals surface area (Å²) in [5.74, 6) is 2.58. The molecule has 0 aromatic carbocycles. The molecule has 6 unspecified atom stereocenters. The Labute approximate surface area is 179 Å². The Morgan fingerprint density at radius 1 is 1.17 bits per heavy atom. The predicted molar refractivity (Wildman–Crippen MR) is 122 cm³/mol. The van der Waals surface area contributed by atoms with Crippen molar-refractivity contribution < 1.29 is 14.0 Å². The van der Waals surface area contributed by atoms with Gasteiger partial charge in [-0.1, -0.05) is 52.8 Å². The summed E-state index contributed by atoms with van der Waals surface area (Å²) in [6.07, 6.45) is 13.2. The Morgan fingerprint density at radius 3 is 2.59 bits per heavy atom. The van der Waals surface area contributed by atoms with Gasteiger partial charge in [-0.3, -0.25) is 4.79 Å². The predicted octanol–water partition coefficient (Wildman–Crippen LogP) is 6.66. The number of hydrogen-bond donors (Lipinski definition) is 0. The molecule has 29 heavy (non-hydrogen) atoms. The van der Waals surface area contributed by atoms with Crippen LogP contribution in [0.5, 0.6) is 0 Å². The first-order valence-corrected chi connectivity index (χ1v) is 14.6. The summed E-state index contributed by atoms with van der Waals surface area (Å²) in [7, 11) is -1.87. The van der Waals surface area contributed by atoms with Crippen molar-refractivity contribution >= 4 is 14.3 Å². The number of fused-ring (bicyclic) bond motifs is 1. The van der Waals surface area contributed by atoms with Crippen LogP contribution in [-0.4, -0.2) is 26.5 Å². The van der Waals surface area contributed by atoms with Crippen LogP contribution in [0.15, 0.2) is 23.8 Å². The lowest BCUT2D eigenvalue weighted by Crippen LogP contribution is -2.47. The molecule has 0 aromatic rings. The molecule has 1 aliphatic heterocycles. The zero-order valence-electron chi connectivity index (χ0n) is 19.7. The summed E-state index contributed by atoms with van der Waals surface area (Å²) < 4.78 is 12.3. The fraction of sp³-hybridized carbons (Fsp3) is 0.800. The van der Waals surface area contributed by atoms with E-state index in [1.807, 2.05) is 0 Å². The van der Waals surface area contributed by atoms with Crippen LogP contribution in [-0.2, 0) is 14.0 Å². The number of carbonyl (C=O) groups excluding carboxylic acids is 1. The molecule has 3 aliphatic rings. The van der Waals surface area contributed by atoms with Crippen LogP contribution in [0, 0.1) is 23.7 Å². The van der Waals surface area contributed by atoms with Crippen molar-refractivity contribution in [1.82, 2.24) is 0 Å². The molecule has 0 saturated carbocycles. The van der Waals surface area contributed by atoms with E-state index in [-0.39, 0.29) is 23.2 Å². The third kappa shape index (κ3) is 5.44. The Balaban J connectivity index is 1.61. The zero-order chi connectivity index (χ0) is 21.4. The zero-order valence-corrected chi connectivity index (χ0v) is 20.7. The van der Waals surface area contributed by atoms with E-state index in [0.717, 1.165) is 19.3 Å². The molecule has 2 aliphatic carbocycles. The quantitative estimate of drug-likeness (QED) is 0.370. The molecule has 1 saturated heterocycles. The van der Waals surface area contributed by atoms with E-state index in [1.54, 1.807) is 5.57 Å². The minimum absolute atomic E-state index is 0.0130. The van der Waals surface area contributed by atoms with Crippen LogP contribution < -0.4 is 0 Å². The lowest BCUT2D eigenvalue weighted by Gasteiger charge is -2.42. The molecule has 0 amide bonds. The maximum Gasteiger partial charge on any atom is 0.308 e. The van der Waals surface area contributed by atoms with Crippen LogP contribution in [0.3, 0.4) is 0 Å². The molecule has 3 nitrogen and oxygen atoms in total. The van der Waals surface area contributed by atoms with Crippen LogP contribution in [0.4, 0.5) is 0 Å². The molecule has 0 radical (unpaired) electrons. The first-order chi connectivity index (χ1) is 13.5. The molecule has 0 aromatic heterocycles. The Bertz CT molecular complexity index is 657. The summed E-state index contributed by atoms with van der Waals surface area (Å²) in [4.78, 5) is 12.3. The van der Waals surface area contributed by atoms with Gasteiger partial charge >= 0.3 is 5.97 Å². The van der Waals surface area contributed by atoms with Crippen LogP contribution in [0.2, 0.25) is 18.1 Å². The van der Waals surface area contributed by atoms with Gasteiger partial charge in [0.05, 0.1) is 12.5 Å². The minimum Gasteiger partial charge on any atom is -0.462 e. The molecule has 3 rings (SSSR count). The van der Waals surface area contributed by atoms with E-state index in [9.17, 15) is 4.79 Å². The Hall–Kier alpha value is -0.873. The van der Waals surface area contributed by atoms with E-state index in [1.165, 1.54) is 12.8 Å². The summed E-state index contributed by atoms with van der Waals surface area (Å²) in [6.45, 7) is 16.0. The minimum atomic E-state index is -1.87. The third-order valence-corrected chi connectivity index (χ3v) is 12.5. The molecular weight excluding hydrogens is 376 g/mol. The fourth-order valence-electron chi connectivity index (χ4n) is 5.10. The van der Waals surface area contributed by atoms with Gasteiger partial charge in [0.25, 0.3) is 0 Å². The van der Waals surface area contributed by atoms with Crippen molar-refractivity contribution in [3.8, 4) is 0 Å². The Kier molecular flexibility index (Phi) is 6.84. The first kappa shape index (κ1) is 22.8. The molecule has 0 bridgehead atoms. The number of ether oxygens (including phenoxy) is 1. The second kappa shape index (κ2) is 8.70. The highest BCUT2D eigenvalue weighted by atomic mass is 28.4. The molecule has 4 heteroatoms. The average molecular weight is 419 g/mol. The molecule has 164 valence electrons. The van der Waals surface area contributed by atoms with E-state index < -0.39 is 8.32 Å². The monoisotopic (exact) mass is 418 g/mol. The third-order valence-electron chi connectivity index (χ3n) is 7.93. The van der Waals surface area contributed by atoms with E-state index >= 15 is 0 Å². The topological polar surface area (TPSA) is 35.5 Å². The van der Waals surface area contributed by atoms with E-state index in [0.29, 0.717) is 30.1 Å². The van der Waals surface area contributed by atoms with Crippen molar-refractivity contribution in [1.29, 1.82) is 0 Å². The van der Waals surface area contributed by atoms with Gasteiger partial charge in [-0.15, -0.1) is 0 Å². The van der Waals surface area contributed by atoms with Gasteiger partial charge in [-0.2, -0.15) is 0 Å². The number of rotatable bonds is 5. The van der Waals surface area contributed by atoms with Crippen molar-refractivity contribution in [2.75, 3.05) is 0 Å². The maximum absolute atomic E-state index is 12.3. The van der Waals surface area contributed by atoms with Crippen molar-refractivity contribution in [2.24, 2.45) is 23.7 Å². The van der Waals surface area contributed by atoms with Gasteiger partial charge in [-0.25, -0.2) is 0 Å². The molecule has 1 heterocycles. The summed E-state index contributed by atoms with van der Waals surface area (Å²) in [5, 5.41) is 0.161. The molecule has 6 atom stereocenters. The molecule has 1 fully saturated rings. The van der Waals surface area contributed by atoms with Crippen molar-refractivity contribution in [3.63, 3.8) is 0 Å². The van der Waals surface area contributed by atoms with E-state index in [4.69, 9.17) is 9.16 Å². The SMILES string of the molecule is CC1C=C2C=CC(C)C(CCC3CC(O[Si](C)(C)C(C)(C)C)CC(=O)O3)C2CC1. The largest absolute Gasteiger partial charge is 0.462 e. The molecule has 0 N–H and O–H groups in total. The van der Waals surface area contributed by atoms with E-state index in [2.05, 4.69) is 65.9 Å². The van der Waals surface area contributed by atoms with Gasteiger partial charge in [0, 0.05) is 6.42 Å². The summed E-state index contributed by atoms with van der Waals surface area (Å²) in [5.41, 5.74) is 1.55. The first-order valence-electron chi connectivity index (χ1n) is 11.7. The maximum atomic E-state index is 12.3. The van der Waals surface area contributed by atoms with Gasteiger partial charge in [0.15, 0.2) is 8.32 Å². The van der Waals surface area contributed by atoms with Gasteiger partial charge < -0.3 is 9.16 Å².